The Balaban J connectivity index is 1.57. The topological polar surface area (TPSA) is 96.0 Å². The summed E-state index contributed by atoms with van der Waals surface area (Å²) in [6.45, 7) is 11.3. The van der Waals surface area contributed by atoms with Gasteiger partial charge in [-0.1, -0.05) is 18.2 Å². The lowest BCUT2D eigenvalue weighted by Crippen LogP contribution is -2.40. The predicted octanol–water partition coefficient (Wildman–Crippen LogP) is 6.39. The van der Waals surface area contributed by atoms with Gasteiger partial charge in [-0.05, 0) is 96.9 Å². The molecule has 0 aliphatic heterocycles. The zero-order valence-electron chi connectivity index (χ0n) is 22.8. The van der Waals surface area contributed by atoms with E-state index in [9.17, 15) is 9.59 Å². The molecule has 2 aromatic rings. The number of pyridine rings is 1. The maximum Gasteiger partial charge on any atom is 0.412 e. The van der Waals surface area contributed by atoms with E-state index in [1.807, 2.05) is 39.0 Å². The van der Waals surface area contributed by atoms with Crippen LogP contribution in [0.3, 0.4) is 0 Å². The number of nitrogens with one attached hydrogen (secondary N) is 1. The molecule has 1 fully saturated rings. The van der Waals surface area contributed by atoms with Crippen LogP contribution in [0.15, 0.2) is 42.6 Å². The summed E-state index contributed by atoms with van der Waals surface area (Å²) in [6, 6.07) is 11.5. The van der Waals surface area contributed by atoms with Gasteiger partial charge in [0.05, 0.1) is 30.7 Å². The SMILES string of the molecule is CCOC(=O)C(C)(C)Oc1ccccc1[C@H]1CC[C@@H](OCc2ncccc2NC(=O)OC(C)(C)C)CC1. The number of benzene rings is 1. The number of hydrogen-bond donors (Lipinski definition) is 1. The Hall–Kier alpha value is -3.13. The van der Waals surface area contributed by atoms with Gasteiger partial charge in [-0.15, -0.1) is 0 Å². The van der Waals surface area contributed by atoms with Crippen molar-refractivity contribution >= 4 is 17.7 Å². The van der Waals surface area contributed by atoms with Crippen molar-refractivity contribution in [2.75, 3.05) is 11.9 Å². The van der Waals surface area contributed by atoms with Gasteiger partial charge in [0.1, 0.15) is 11.4 Å². The third-order valence-corrected chi connectivity index (χ3v) is 6.15. The minimum absolute atomic E-state index is 0.0942. The Morgan fingerprint density at radius 3 is 2.38 bits per heavy atom. The van der Waals surface area contributed by atoms with Crippen molar-refractivity contribution in [3.8, 4) is 5.75 Å². The summed E-state index contributed by atoms with van der Waals surface area (Å²) in [5.41, 5.74) is 0.697. The highest BCUT2D eigenvalue weighted by molar-refractivity contribution is 5.85. The van der Waals surface area contributed by atoms with E-state index in [1.165, 1.54) is 0 Å². The molecule has 37 heavy (non-hydrogen) atoms. The number of anilines is 1. The summed E-state index contributed by atoms with van der Waals surface area (Å²) in [6.07, 6.45) is 4.92. The first-order valence-corrected chi connectivity index (χ1v) is 13.0. The highest BCUT2D eigenvalue weighted by atomic mass is 16.6. The zero-order valence-corrected chi connectivity index (χ0v) is 22.8. The van der Waals surface area contributed by atoms with Gasteiger partial charge in [0, 0.05) is 6.20 Å². The van der Waals surface area contributed by atoms with E-state index in [0.29, 0.717) is 30.5 Å². The number of rotatable bonds is 9. The largest absolute Gasteiger partial charge is 0.476 e. The van der Waals surface area contributed by atoms with Crippen molar-refractivity contribution < 1.29 is 28.5 Å². The third-order valence-electron chi connectivity index (χ3n) is 6.15. The molecule has 1 saturated carbocycles. The molecule has 8 nitrogen and oxygen atoms in total. The molecular formula is C29H40N2O6. The number of ether oxygens (including phenoxy) is 4. The summed E-state index contributed by atoms with van der Waals surface area (Å²) in [5.74, 6) is 0.654. The first-order chi connectivity index (χ1) is 17.5. The predicted molar refractivity (Wildman–Crippen MR) is 142 cm³/mol. The van der Waals surface area contributed by atoms with Crippen molar-refractivity contribution in [2.24, 2.45) is 0 Å². The van der Waals surface area contributed by atoms with Crippen molar-refractivity contribution in [2.45, 2.75) is 97.1 Å². The Labute approximate surface area is 220 Å². The average Bonchev–Trinajstić information content (AvgIpc) is 2.83. The maximum absolute atomic E-state index is 12.3. The molecule has 0 bridgehead atoms. The molecule has 1 heterocycles. The Morgan fingerprint density at radius 1 is 1.00 bits per heavy atom. The molecular weight excluding hydrogens is 472 g/mol. The van der Waals surface area contributed by atoms with E-state index in [1.54, 1.807) is 39.1 Å². The van der Waals surface area contributed by atoms with Crippen LogP contribution in [0.1, 0.15) is 84.4 Å². The smallest absolute Gasteiger partial charge is 0.412 e. The minimum atomic E-state index is -1.07. The van der Waals surface area contributed by atoms with E-state index in [2.05, 4.69) is 16.4 Å². The molecule has 3 rings (SSSR count). The number of carbonyl (C=O) groups is 2. The molecule has 0 spiro atoms. The van der Waals surface area contributed by atoms with Crippen LogP contribution in [0, 0.1) is 0 Å². The molecule has 0 atom stereocenters. The van der Waals surface area contributed by atoms with Gasteiger partial charge in [-0.2, -0.15) is 0 Å². The molecule has 1 amide bonds. The summed E-state index contributed by atoms with van der Waals surface area (Å²) in [7, 11) is 0. The van der Waals surface area contributed by atoms with Crippen molar-refractivity contribution in [1.82, 2.24) is 4.98 Å². The van der Waals surface area contributed by atoms with Crippen LogP contribution in [0.4, 0.5) is 10.5 Å². The summed E-state index contributed by atoms with van der Waals surface area (Å²) < 4.78 is 22.9. The van der Waals surface area contributed by atoms with E-state index in [4.69, 9.17) is 18.9 Å². The van der Waals surface area contributed by atoms with Gasteiger partial charge >= 0.3 is 12.1 Å². The van der Waals surface area contributed by atoms with Crippen LogP contribution in [0.2, 0.25) is 0 Å². The number of aromatic nitrogens is 1. The second kappa shape index (κ2) is 12.4. The Bertz CT molecular complexity index is 1050. The lowest BCUT2D eigenvalue weighted by molar-refractivity contribution is -0.158. The van der Waals surface area contributed by atoms with Gasteiger partial charge in [0.2, 0.25) is 0 Å². The minimum Gasteiger partial charge on any atom is -0.476 e. The van der Waals surface area contributed by atoms with Crippen LogP contribution in [0.25, 0.3) is 0 Å². The summed E-state index contributed by atoms with van der Waals surface area (Å²) >= 11 is 0. The van der Waals surface area contributed by atoms with Gasteiger partial charge in [0.15, 0.2) is 5.60 Å². The summed E-state index contributed by atoms with van der Waals surface area (Å²) in [5, 5.41) is 2.77. The third kappa shape index (κ3) is 8.45. The molecule has 202 valence electrons. The number of hydrogen-bond acceptors (Lipinski definition) is 7. The number of nitrogens with zero attached hydrogens (tertiary/aromatic N) is 1. The fourth-order valence-corrected chi connectivity index (χ4v) is 4.35. The van der Waals surface area contributed by atoms with E-state index < -0.39 is 17.3 Å². The second-order valence-corrected chi connectivity index (χ2v) is 10.8. The molecule has 0 saturated heterocycles. The quantitative estimate of drug-likeness (QED) is 0.389. The second-order valence-electron chi connectivity index (χ2n) is 10.8. The van der Waals surface area contributed by atoms with Crippen molar-refractivity contribution in [3.05, 3.63) is 53.9 Å². The zero-order chi connectivity index (χ0) is 27.1. The van der Waals surface area contributed by atoms with E-state index in [-0.39, 0.29) is 12.1 Å². The monoisotopic (exact) mass is 512 g/mol. The van der Waals surface area contributed by atoms with E-state index >= 15 is 0 Å². The number of esters is 1. The lowest BCUT2D eigenvalue weighted by Gasteiger charge is -2.31. The molecule has 1 aromatic heterocycles. The van der Waals surface area contributed by atoms with Crippen LogP contribution in [-0.2, 0) is 25.6 Å². The number of para-hydroxylation sites is 1. The molecule has 1 N–H and O–H groups in total. The molecule has 1 aliphatic carbocycles. The number of amides is 1. The Kier molecular flexibility index (Phi) is 9.54. The first kappa shape index (κ1) is 28.4. The van der Waals surface area contributed by atoms with Crippen LogP contribution < -0.4 is 10.1 Å². The summed E-state index contributed by atoms with van der Waals surface area (Å²) in [4.78, 5) is 28.9. The van der Waals surface area contributed by atoms with Crippen LogP contribution in [0.5, 0.6) is 5.75 Å². The van der Waals surface area contributed by atoms with Gasteiger partial charge in [-0.25, -0.2) is 9.59 Å². The van der Waals surface area contributed by atoms with Crippen LogP contribution in [-0.4, -0.2) is 41.0 Å². The highest BCUT2D eigenvalue weighted by Gasteiger charge is 2.33. The standard InChI is InChI=1S/C29H40N2O6/c1-7-34-26(32)29(5,6)36-25-13-9-8-11-22(25)20-14-16-21(17-15-20)35-19-24-23(12-10-18-30-24)31-27(33)37-28(2,3)4/h8-13,18,20-21H,7,14-17,19H2,1-6H3,(H,31,33)/t20-,21+. The molecule has 0 unspecified atom stereocenters. The fourth-order valence-electron chi connectivity index (χ4n) is 4.35. The lowest BCUT2D eigenvalue weighted by atomic mass is 9.82. The van der Waals surface area contributed by atoms with Crippen molar-refractivity contribution in [3.63, 3.8) is 0 Å². The first-order valence-electron chi connectivity index (χ1n) is 13.0. The average molecular weight is 513 g/mol. The maximum atomic E-state index is 12.3. The van der Waals surface area contributed by atoms with Crippen LogP contribution >= 0.6 is 0 Å². The van der Waals surface area contributed by atoms with Gasteiger partial charge in [0.25, 0.3) is 0 Å². The van der Waals surface area contributed by atoms with Gasteiger partial charge in [-0.3, -0.25) is 10.3 Å². The normalized spacial score (nSPS) is 18.1. The fraction of sp³-hybridized carbons (Fsp3) is 0.552. The van der Waals surface area contributed by atoms with Crippen molar-refractivity contribution in [1.29, 1.82) is 0 Å². The Morgan fingerprint density at radius 2 is 1.70 bits per heavy atom. The molecule has 0 radical (unpaired) electrons. The highest BCUT2D eigenvalue weighted by Crippen LogP contribution is 2.39. The number of carbonyl (C=O) groups excluding carboxylic acids is 2. The molecule has 1 aliphatic rings. The molecule has 1 aromatic carbocycles. The van der Waals surface area contributed by atoms with E-state index in [0.717, 1.165) is 37.0 Å². The van der Waals surface area contributed by atoms with Gasteiger partial charge < -0.3 is 18.9 Å². The molecule has 8 heteroatoms.